The van der Waals surface area contributed by atoms with Crippen LogP contribution < -0.4 is 0 Å². The van der Waals surface area contributed by atoms with Crippen molar-refractivity contribution in [3.8, 4) is 6.07 Å². The number of rotatable bonds is 3. The first-order valence-corrected chi connectivity index (χ1v) is 5.99. The van der Waals surface area contributed by atoms with Crippen molar-refractivity contribution in [1.82, 2.24) is 0 Å². The van der Waals surface area contributed by atoms with E-state index in [1.54, 1.807) is 0 Å². The molecule has 1 aliphatic carbocycles. The Bertz CT molecular complexity index is 228. The highest BCUT2D eigenvalue weighted by Gasteiger charge is 2.46. The molecule has 0 radical (unpaired) electrons. The van der Waals surface area contributed by atoms with E-state index in [1.807, 2.05) is 0 Å². The maximum absolute atomic E-state index is 9.16. The van der Waals surface area contributed by atoms with Gasteiger partial charge in [-0.15, -0.1) is 0 Å². The molecule has 0 N–H and O–H groups in total. The van der Waals surface area contributed by atoms with E-state index in [2.05, 4.69) is 33.8 Å². The first kappa shape index (κ1) is 11.6. The average Bonchev–Trinajstić information content (AvgIpc) is 2.55. The lowest BCUT2D eigenvalue weighted by Gasteiger charge is -2.36. The molecule has 0 aromatic carbocycles. The molecule has 0 amide bonds. The normalized spacial score (nSPS) is 39.4. The highest BCUT2D eigenvalue weighted by molar-refractivity contribution is 5.04. The van der Waals surface area contributed by atoms with Crippen LogP contribution in [0.2, 0.25) is 0 Å². The molecule has 0 spiro atoms. The zero-order valence-electron chi connectivity index (χ0n) is 10.0. The first-order valence-electron chi connectivity index (χ1n) is 5.99. The second-order valence-corrected chi connectivity index (χ2v) is 5.11. The molecule has 0 heterocycles. The van der Waals surface area contributed by atoms with Crippen LogP contribution in [0, 0.1) is 34.5 Å². The van der Waals surface area contributed by atoms with Crippen molar-refractivity contribution in [2.45, 2.75) is 53.4 Å². The number of nitriles is 1. The van der Waals surface area contributed by atoms with Crippen LogP contribution in [0.1, 0.15) is 53.4 Å². The van der Waals surface area contributed by atoms with Crippen molar-refractivity contribution in [2.75, 3.05) is 0 Å². The predicted molar refractivity (Wildman–Crippen MR) is 59.7 cm³/mol. The van der Waals surface area contributed by atoms with E-state index in [1.165, 1.54) is 12.8 Å². The van der Waals surface area contributed by atoms with Crippen LogP contribution in [-0.4, -0.2) is 0 Å². The molecule has 0 bridgehead atoms. The summed E-state index contributed by atoms with van der Waals surface area (Å²) in [5, 5.41) is 9.16. The van der Waals surface area contributed by atoms with Crippen LogP contribution in [0.25, 0.3) is 0 Å². The van der Waals surface area contributed by atoms with Crippen LogP contribution in [0.5, 0.6) is 0 Å². The Morgan fingerprint density at radius 3 is 2.50 bits per heavy atom. The molecule has 80 valence electrons. The van der Waals surface area contributed by atoms with Crippen LogP contribution >= 0.6 is 0 Å². The van der Waals surface area contributed by atoms with Crippen LogP contribution in [0.15, 0.2) is 0 Å². The van der Waals surface area contributed by atoms with Crippen molar-refractivity contribution >= 4 is 0 Å². The largest absolute Gasteiger partial charge is 0.198 e. The fourth-order valence-electron chi connectivity index (χ4n) is 3.20. The number of nitrogens with zero attached hydrogens (tertiary/aromatic N) is 1. The molecule has 1 rings (SSSR count). The van der Waals surface area contributed by atoms with Gasteiger partial charge in [0.25, 0.3) is 0 Å². The zero-order valence-corrected chi connectivity index (χ0v) is 10.0. The Kier molecular flexibility index (Phi) is 3.59. The first-order chi connectivity index (χ1) is 6.60. The Balaban J connectivity index is 2.85. The second-order valence-electron chi connectivity index (χ2n) is 5.11. The fourth-order valence-corrected chi connectivity index (χ4v) is 3.20. The molecule has 1 heteroatoms. The third kappa shape index (κ3) is 1.67. The number of hydrogen-bond donors (Lipinski definition) is 0. The van der Waals surface area contributed by atoms with Gasteiger partial charge in [0.05, 0.1) is 12.0 Å². The van der Waals surface area contributed by atoms with Gasteiger partial charge >= 0.3 is 0 Å². The Labute approximate surface area is 88.5 Å². The van der Waals surface area contributed by atoms with Crippen molar-refractivity contribution in [2.24, 2.45) is 23.2 Å². The minimum Gasteiger partial charge on any atom is -0.198 e. The summed E-state index contributed by atoms with van der Waals surface area (Å²) in [5.74, 6) is 1.84. The summed E-state index contributed by atoms with van der Waals surface area (Å²) in [5.41, 5.74) is 0.282. The van der Waals surface area contributed by atoms with Crippen molar-refractivity contribution in [1.29, 1.82) is 5.26 Å². The highest BCUT2D eigenvalue weighted by Crippen LogP contribution is 2.53. The Morgan fingerprint density at radius 2 is 2.07 bits per heavy atom. The monoisotopic (exact) mass is 193 g/mol. The maximum Gasteiger partial charge on any atom is 0.0661 e. The molecule has 4 atom stereocenters. The summed E-state index contributed by atoms with van der Waals surface area (Å²) in [4.78, 5) is 0. The van der Waals surface area contributed by atoms with Gasteiger partial charge in [-0.2, -0.15) is 5.26 Å². The Morgan fingerprint density at radius 1 is 1.43 bits per heavy atom. The Hall–Kier alpha value is -0.510. The molecular formula is C13H23N. The lowest BCUT2D eigenvalue weighted by Crippen LogP contribution is -2.31. The van der Waals surface area contributed by atoms with Gasteiger partial charge in [0.2, 0.25) is 0 Å². The van der Waals surface area contributed by atoms with E-state index in [0.717, 1.165) is 24.7 Å². The lowest BCUT2D eigenvalue weighted by atomic mass is 9.67. The minimum absolute atomic E-state index is 0.282. The lowest BCUT2D eigenvalue weighted by molar-refractivity contribution is 0.129. The van der Waals surface area contributed by atoms with Gasteiger partial charge in [0.1, 0.15) is 0 Å². The summed E-state index contributed by atoms with van der Waals surface area (Å²) < 4.78 is 0. The average molecular weight is 193 g/mol. The van der Waals surface area contributed by atoms with Crippen molar-refractivity contribution in [3.05, 3.63) is 0 Å². The molecule has 1 fully saturated rings. The van der Waals surface area contributed by atoms with E-state index in [4.69, 9.17) is 5.26 Å². The molecule has 0 saturated heterocycles. The smallest absolute Gasteiger partial charge is 0.0661 e. The van der Waals surface area contributed by atoms with E-state index >= 15 is 0 Å². The molecule has 1 aliphatic rings. The third-order valence-corrected chi connectivity index (χ3v) is 4.66. The maximum atomic E-state index is 9.16. The molecule has 4 unspecified atom stereocenters. The minimum atomic E-state index is 0.282. The number of hydrogen-bond acceptors (Lipinski definition) is 1. The summed E-state index contributed by atoms with van der Waals surface area (Å²) >= 11 is 0. The standard InChI is InChI=1S/C13H23N/c1-5-10(3)12-8-7-11(9-14)13(12,4)6-2/h10-12H,5-8H2,1-4H3. The van der Waals surface area contributed by atoms with E-state index in [0.29, 0.717) is 5.92 Å². The van der Waals surface area contributed by atoms with Crippen molar-refractivity contribution < 1.29 is 0 Å². The molecule has 0 aromatic rings. The van der Waals surface area contributed by atoms with Crippen LogP contribution in [0.4, 0.5) is 0 Å². The summed E-state index contributed by atoms with van der Waals surface area (Å²) in [6.45, 7) is 9.18. The highest BCUT2D eigenvalue weighted by atomic mass is 14.5. The summed E-state index contributed by atoms with van der Waals surface area (Å²) in [6, 6.07) is 2.51. The van der Waals surface area contributed by atoms with Crippen molar-refractivity contribution in [3.63, 3.8) is 0 Å². The summed E-state index contributed by atoms with van der Waals surface area (Å²) in [7, 11) is 0. The van der Waals surface area contributed by atoms with Gasteiger partial charge in [0.15, 0.2) is 0 Å². The van der Waals surface area contributed by atoms with E-state index in [9.17, 15) is 0 Å². The van der Waals surface area contributed by atoms with E-state index in [-0.39, 0.29) is 5.41 Å². The molecule has 1 saturated carbocycles. The van der Waals surface area contributed by atoms with Gasteiger partial charge < -0.3 is 0 Å². The predicted octanol–water partition coefficient (Wildman–Crippen LogP) is 4.00. The SMILES string of the molecule is CCC(C)C1CCC(C#N)C1(C)CC. The zero-order chi connectivity index (χ0) is 10.8. The third-order valence-electron chi connectivity index (χ3n) is 4.66. The molecular weight excluding hydrogens is 170 g/mol. The topological polar surface area (TPSA) is 23.8 Å². The molecule has 14 heavy (non-hydrogen) atoms. The fraction of sp³-hybridized carbons (Fsp3) is 0.923. The quantitative estimate of drug-likeness (QED) is 0.664. The van der Waals surface area contributed by atoms with Crippen LogP contribution in [-0.2, 0) is 0 Å². The molecule has 0 aromatic heterocycles. The van der Waals surface area contributed by atoms with Gasteiger partial charge in [-0.1, -0.05) is 34.1 Å². The summed E-state index contributed by atoms with van der Waals surface area (Å²) in [6.07, 6.45) is 4.78. The molecule has 0 aliphatic heterocycles. The van der Waals surface area contributed by atoms with Crippen LogP contribution in [0.3, 0.4) is 0 Å². The van der Waals surface area contributed by atoms with Gasteiger partial charge in [0, 0.05) is 0 Å². The molecule has 1 nitrogen and oxygen atoms in total. The van der Waals surface area contributed by atoms with Gasteiger partial charge in [-0.25, -0.2) is 0 Å². The van der Waals surface area contributed by atoms with Gasteiger partial charge in [-0.3, -0.25) is 0 Å². The van der Waals surface area contributed by atoms with Gasteiger partial charge in [-0.05, 0) is 36.5 Å². The van der Waals surface area contributed by atoms with E-state index < -0.39 is 0 Å². The second kappa shape index (κ2) is 4.34.